The smallest absolute Gasteiger partial charge is 0.175 e. The molecular weight excluding hydrogens is 284 g/mol. The summed E-state index contributed by atoms with van der Waals surface area (Å²) in [6, 6.07) is 9.11. The third kappa shape index (κ3) is 2.70. The van der Waals surface area contributed by atoms with E-state index in [1.807, 2.05) is 31.2 Å². The van der Waals surface area contributed by atoms with E-state index < -0.39 is 6.10 Å². The quantitative estimate of drug-likeness (QED) is 0.939. The van der Waals surface area contributed by atoms with Gasteiger partial charge in [0.05, 0.1) is 12.9 Å². The fourth-order valence-corrected chi connectivity index (χ4v) is 2.05. The van der Waals surface area contributed by atoms with Gasteiger partial charge >= 0.3 is 0 Å². The van der Waals surface area contributed by atoms with Crippen LogP contribution in [0.4, 0.5) is 0 Å². The summed E-state index contributed by atoms with van der Waals surface area (Å²) < 4.78 is 11.0. The highest BCUT2D eigenvalue weighted by molar-refractivity contribution is 9.10. The maximum absolute atomic E-state index is 10.2. The summed E-state index contributed by atoms with van der Waals surface area (Å²) in [6.45, 7) is 2.57. The molecule has 0 saturated heterocycles. The summed E-state index contributed by atoms with van der Waals surface area (Å²) in [5.41, 5.74) is 1.52. The maximum Gasteiger partial charge on any atom is 0.175 e. The van der Waals surface area contributed by atoms with Crippen molar-refractivity contribution >= 4 is 15.9 Å². The van der Waals surface area contributed by atoms with Gasteiger partial charge in [-0.2, -0.15) is 0 Å². The minimum atomic E-state index is -0.696. The fourth-order valence-electron chi connectivity index (χ4n) is 1.59. The number of furan rings is 1. The minimum absolute atomic E-state index is 0.555. The molecule has 1 N–H and O–H groups in total. The lowest BCUT2D eigenvalue weighted by Crippen LogP contribution is -1.99. The van der Waals surface area contributed by atoms with Crippen molar-refractivity contribution in [3.63, 3.8) is 0 Å². The molecule has 1 aromatic heterocycles. The summed E-state index contributed by atoms with van der Waals surface area (Å²) in [6.07, 6.45) is 0.843. The Kier molecular flexibility index (Phi) is 3.86. The van der Waals surface area contributed by atoms with Crippen molar-refractivity contribution in [2.24, 2.45) is 0 Å². The van der Waals surface area contributed by atoms with E-state index in [1.165, 1.54) is 6.26 Å². The maximum atomic E-state index is 10.2. The van der Waals surface area contributed by atoms with E-state index >= 15 is 0 Å². The molecule has 0 aliphatic rings. The second-order valence-corrected chi connectivity index (χ2v) is 4.27. The van der Waals surface area contributed by atoms with Gasteiger partial charge in [0.2, 0.25) is 0 Å². The van der Waals surface area contributed by atoms with Gasteiger partial charge in [-0.3, -0.25) is 0 Å². The van der Waals surface area contributed by atoms with Crippen molar-refractivity contribution in [3.8, 4) is 5.75 Å². The van der Waals surface area contributed by atoms with Gasteiger partial charge in [0.25, 0.3) is 0 Å². The molecular formula is C13H13BrO3. The number of aliphatic hydroxyl groups is 1. The molecule has 0 fully saturated rings. The largest absolute Gasteiger partial charge is 0.494 e. The predicted octanol–water partition coefficient (Wildman–Crippen LogP) is 3.52. The normalized spacial score (nSPS) is 12.4. The summed E-state index contributed by atoms with van der Waals surface area (Å²) >= 11 is 3.25. The van der Waals surface area contributed by atoms with E-state index in [2.05, 4.69) is 15.9 Å². The second kappa shape index (κ2) is 5.38. The van der Waals surface area contributed by atoms with Crippen LogP contribution in [0.15, 0.2) is 45.7 Å². The Labute approximate surface area is 108 Å². The van der Waals surface area contributed by atoms with Crippen LogP contribution in [-0.4, -0.2) is 11.7 Å². The summed E-state index contributed by atoms with van der Waals surface area (Å²) in [7, 11) is 0. The number of halogens is 1. The molecule has 0 aliphatic heterocycles. The molecule has 2 aromatic rings. The molecule has 1 aromatic carbocycles. The average molecular weight is 297 g/mol. The molecule has 1 heterocycles. The highest BCUT2D eigenvalue weighted by atomic mass is 79.9. The number of rotatable bonds is 4. The molecule has 0 bridgehead atoms. The van der Waals surface area contributed by atoms with E-state index in [9.17, 15) is 5.11 Å². The van der Waals surface area contributed by atoms with E-state index in [4.69, 9.17) is 9.15 Å². The van der Waals surface area contributed by atoms with Crippen LogP contribution in [0.3, 0.4) is 0 Å². The monoisotopic (exact) mass is 296 g/mol. The van der Waals surface area contributed by atoms with Crippen molar-refractivity contribution < 1.29 is 14.3 Å². The van der Waals surface area contributed by atoms with E-state index in [1.54, 1.807) is 6.07 Å². The lowest BCUT2D eigenvalue weighted by molar-refractivity contribution is 0.218. The van der Waals surface area contributed by atoms with Crippen LogP contribution in [0.25, 0.3) is 0 Å². The Morgan fingerprint density at radius 3 is 2.53 bits per heavy atom. The standard InChI is InChI=1S/C13H13BrO3/c1-2-16-10-5-3-9(4-6-10)12(15)11-7-8-17-13(11)14/h3-8,12,15H,2H2,1H3. The van der Waals surface area contributed by atoms with Crippen LogP contribution >= 0.6 is 15.9 Å². The van der Waals surface area contributed by atoms with Crippen LogP contribution in [0.2, 0.25) is 0 Å². The van der Waals surface area contributed by atoms with Gasteiger partial charge in [0.15, 0.2) is 4.67 Å². The van der Waals surface area contributed by atoms with Crippen molar-refractivity contribution in [2.45, 2.75) is 13.0 Å². The van der Waals surface area contributed by atoms with Gasteiger partial charge in [-0.25, -0.2) is 0 Å². The molecule has 4 heteroatoms. The zero-order chi connectivity index (χ0) is 12.3. The number of hydrogen-bond acceptors (Lipinski definition) is 3. The Morgan fingerprint density at radius 1 is 1.29 bits per heavy atom. The molecule has 17 heavy (non-hydrogen) atoms. The third-order valence-electron chi connectivity index (χ3n) is 2.45. The van der Waals surface area contributed by atoms with Gasteiger partial charge < -0.3 is 14.3 Å². The molecule has 0 saturated carbocycles. The summed E-state index contributed by atoms with van der Waals surface area (Å²) in [5.74, 6) is 0.801. The molecule has 1 atom stereocenters. The fraction of sp³-hybridized carbons (Fsp3) is 0.231. The zero-order valence-electron chi connectivity index (χ0n) is 9.39. The van der Waals surface area contributed by atoms with Gasteiger partial charge in [-0.15, -0.1) is 0 Å². The SMILES string of the molecule is CCOc1ccc(C(O)c2ccoc2Br)cc1. The molecule has 3 nitrogen and oxygen atoms in total. The predicted molar refractivity (Wildman–Crippen MR) is 68.1 cm³/mol. The van der Waals surface area contributed by atoms with Crippen molar-refractivity contribution in [2.75, 3.05) is 6.61 Å². The van der Waals surface area contributed by atoms with Crippen LogP contribution in [0.1, 0.15) is 24.2 Å². The number of hydrogen-bond donors (Lipinski definition) is 1. The van der Waals surface area contributed by atoms with Crippen LogP contribution in [0.5, 0.6) is 5.75 Å². The lowest BCUT2D eigenvalue weighted by atomic mass is 10.0. The highest BCUT2D eigenvalue weighted by Gasteiger charge is 2.15. The summed E-state index contributed by atoms with van der Waals surface area (Å²) in [4.78, 5) is 0. The van der Waals surface area contributed by atoms with Gasteiger partial charge in [-0.1, -0.05) is 12.1 Å². The van der Waals surface area contributed by atoms with Crippen molar-refractivity contribution in [1.29, 1.82) is 0 Å². The first kappa shape index (κ1) is 12.2. The van der Waals surface area contributed by atoms with E-state index in [0.717, 1.165) is 11.3 Å². The Morgan fingerprint density at radius 2 is 2.00 bits per heavy atom. The Bertz CT molecular complexity index is 476. The first-order valence-corrected chi connectivity index (χ1v) is 6.15. The van der Waals surface area contributed by atoms with Gasteiger partial charge in [-0.05, 0) is 46.6 Å². The molecule has 0 aliphatic carbocycles. The molecule has 0 amide bonds. The number of aliphatic hydroxyl groups excluding tert-OH is 1. The Hall–Kier alpha value is -1.26. The van der Waals surface area contributed by atoms with Crippen LogP contribution < -0.4 is 4.74 Å². The topological polar surface area (TPSA) is 42.6 Å². The zero-order valence-corrected chi connectivity index (χ0v) is 11.0. The molecule has 1 unspecified atom stereocenters. The molecule has 2 rings (SSSR count). The van der Waals surface area contributed by atoms with Crippen LogP contribution in [0, 0.1) is 0 Å². The molecule has 0 spiro atoms. The summed E-state index contributed by atoms with van der Waals surface area (Å²) in [5, 5.41) is 10.2. The minimum Gasteiger partial charge on any atom is -0.494 e. The lowest BCUT2D eigenvalue weighted by Gasteiger charge is -2.10. The van der Waals surface area contributed by atoms with Gasteiger partial charge in [0.1, 0.15) is 11.9 Å². The van der Waals surface area contributed by atoms with Crippen molar-refractivity contribution in [3.05, 3.63) is 52.4 Å². The second-order valence-electron chi connectivity index (χ2n) is 3.55. The molecule has 90 valence electrons. The number of benzene rings is 1. The van der Waals surface area contributed by atoms with E-state index in [0.29, 0.717) is 16.8 Å². The third-order valence-corrected chi connectivity index (χ3v) is 3.09. The average Bonchev–Trinajstić information content (AvgIpc) is 2.76. The first-order chi connectivity index (χ1) is 8.22. The van der Waals surface area contributed by atoms with Crippen LogP contribution in [-0.2, 0) is 0 Å². The Balaban J connectivity index is 2.20. The highest BCUT2D eigenvalue weighted by Crippen LogP contribution is 2.30. The first-order valence-electron chi connectivity index (χ1n) is 5.36. The van der Waals surface area contributed by atoms with Crippen molar-refractivity contribution in [1.82, 2.24) is 0 Å². The van der Waals surface area contributed by atoms with Gasteiger partial charge in [0, 0.05) is 5.56 Å². The number of ether oxygens (including phenoxy) is 1. The molecule has 0 radical (unpaired) electrons. The van der Waals surface area contributed by atoms with E-state index in [-0.39, 0.29) is 0 Å².